The monoisotopic (exact) mass is 328 g/mol. The van der Waals surface area contributed by atoms with Gasteiger partial charge in [-0.05, 0) is 47.1 Å². The lowest BCUT2D eigenvalue weighted by Gasteiger charge is -2.22. The fraction of sp³-hybridized carbons (Fsp3) is 0.769. The first-order chi connectivity index (χ1) is 10.4. The van der Waals surface area contributed by atoms with Gasteiger partial charge in [0, 0.05) is 18.0 Å². The fourth-order valence-electron chi connectivity index (χ4n) is 1.16. The van der Waals surface area contributed by atoms with Crippen LogP contribution in [0.3, 0.4) is 0 Å². The molecule has 10 heteroatoms. The topological polar surface area (TPSA) is 138 Å². The molecular formula is C13H24N6O4. The Morgan fingerprint density at radius 2 is 1.39 bits per heavy atom. The molecule has 0 fully saturated rings. The largest absolute Gasteiger partial charge is 0.444 e. The zero-order valence-corrected chi connectivity index (χ0v) is 14.3. The number of alkyl carbamates (subject to hydrolysis) is 2. The molecule has 0 aliphatic heterocycles. The van der Waals surface area contributed by atoms with Crippen LogP contribution >= 0.6 is 0 Å². The van der Waals surface area contributed by atoms with Crippen molar-refractivity contribution in [3.63, 3.8) is 0 Å². The standard InChI is InChI=1S/C13H24N6O4/c1-12(2,3)22-10(20)17-9(15-7-8-16-19-14)18-11(21)23-13(4,5)6/h7-8H2,1-6H3,(H2,15,17,18,20,21). The van der Waals surface area contributed by atoms with Gasteiger partial charge in [-0.15, -0.1) is 0 Å². The third-order valence-corrected chi connectivity index (χ3v) is 1.77. The molecule has 0 unspecified atom stereocenters. The van der Waals surface area contributed by atoms with E-state index in [1.54, 1.807) is 41.5 Å². The Labute approximate surface area is 135 Å². The summed E-state index contributed by atoms with van der Waals surface area (Å²) in [6.45, 7) is 10.4. The first kappa shape index (κ1) is 20.5. The summed E-state index contributed by atoms with van der Waals surface area (Å²) in [5.41, 5.74) is 6.80. The van der Waals surface area contributed by atoms with Gasteiger partial charge in [-0.1, -0.05) is 5.11 Å². The molecule has 0 atom stereocenters. The molecule has 0 aromatic heterocycles. The highest BCUT2D eigenvalue weighted by Crippen LogP contribution is 2.07. The number of rotatable bonds is 3. The molecule has 23 heavy (non-hydrogen) atoms. The Balaban J connectivity index is 4.84. The molecule has 0 heterocycles. The lowest BCUT2D eigenvalue weighted by molar-refractivity contribution is 0.0545. The van der Waals surface area contributed by atoms with Gasteiger partial charge in [-0.2, -0.15) is 0 Å². The molecule has 0 aliphatic rings. The fourth-order valence-corrected chi connectivity index (χ4v) is 1.16. The molecule has 0 spiro atoms. The second-order valence-electron chi connectivity index (χ2n) is 6.44. The number of carbonyl (C=O) groups is 2. The van der Waals surface area contributed by atoms with Crippen molar-refractivity contribution >= 4 is 18.1 Å². The third kappa shape index (κ3) is 12.9. The molecule has 0 aliphatic carbocycles. The average molecular weight is 328 g/mol. The summed E-state index contributed by atoms with van der Waals surface area (Å²) in [6, 6.07) is 0. The predicted molar refractivity (Wildman–Crippen MR) is 85.1 cm³/mol. The van der Waals surface area contributed by atoms with Crippen molar-refractivity contribution in [1.29, 1.82) is 0 Å². The van der Waals surface area contributed by atoms with Crippen molar-refractivity contribution in [3.05, 3.63) is 10.4 Å². The summed E-state index contributed by atoms with van der Waals surface area (Å²) in [6.07, 6.45) is -1.56. The van der Waals surface area contributed by atoms with Crippen molar-refractivity contribution in [3.8, 4) is 0 Å². The number of nitrogens with zero attached hydrogens (tertiary/aromatic N) is 4. The predicted octanol–water partition coefficient (Wildman–Crippen LogP) is 2.70. The number of nitrogens with one attached hydrogen (secondary N) is 2. The number of amides is 2. The van der Waals surface area contributed by atoms with Crippen LogP contribution in [0, 0.1) is 0 Å². The summed E-state index contributed by atoms with van der Waals surface area (Å²) in [7, 11) is 0. The second-order valence-corrected chi connectivity index (χ2v) is 6.44. The second kappa shape index (κ2) is 8.84. The van der Waals surface area contributed by atoms with E-state index in [4.69, 9.17) is 15.0 Å². The highest BCUT2D eigenvalue weighted by Gasteiger charge is 2.21. The SMILES string of the molecule is CC(C)(C)OC(=O)NC(=NCCN=[N+]=[N-])NC(=O)OC(C)(C)C. The van der Waals surface area contributed by atoms with Crippen LogP contribution in [-0.4, -0.2) is 42.4 Å². The van der Waals surface area contributed by atoms with Crippen molar-refractivity contribution in [2.45, 2.75) is 52.7 Å². The minimum absolute atomic E-state index is 0.0744. The number of ether oxygens (including phenoxy) is 2. The quantitative estimate of drug-likeness (QED) is 0.205. The van der Waals surface area contributed by atoms with Gasteiger partial charge in [0.25, 0.3) is 0 Å². The van der Waals surface area contributed by atoms with E-state index >= 15 is 0 Å². The van der Waals surface area contributed by atoms with E-state index in [1.165, 1.54) is 0 Å². The summed E-state index contributed by atoms with van der Waals surface area (Å²) in [5, 5.41) is 7.92. The molecule has 10 nitrogen and oxygen atoms in total. The number of hydrogen-bond acceptors (Lipinski definition) is 6. The molecule has 0 bridgehead atoms. The van der Waals surface area contributed by atoms with E-state index in [-0.39, 0.29) is 19.0 Å². The molecule has 0 rings (SSSR count). The van der Waals surface area contributed by atoms with Gasteiger partial charge in [0.15, 0.2) is 0 Å². The normalized spacial score (nSPS) is 10.9. The van der Waals surface area contributed by atoms with Crippen LogP contribution < -0.4 is 10.6 Å². The van der Waals surface area contributed by atoms with Crippen LogP contribution in [0.25, 0.3) is 10.4 Å². The maximum Gasteiger partial charge on any atom is 0.414 e. The zero-order chi connectivity index (χ0) is 18.1. The molecular weight excluding hydrogens is 304 g/mol. The maximum absolute atomic E-state index is 11.7. The zero-order valence-electron chi connectivity index (χ0n) is 14.3. The van der Waals surface area contributed by atoms with Crippen molar-refractivity contribution in [1.82, 2.24) is 10.6 Å². The van der Waals surface area contributed by atoms with E-state index in [2.05, 4.69) is 25.7 Å². The number of hydrogen-bond donors (Lipinski definition) is 2. The summed E-state index contributed by atoms with van der Waals surface area (Å²) in [4.78, 5) is 30.0. The first-order valence-corrected chi connectivity index (χ1v) is 6.98. The molecule has 0 aromatic carbocycles. The van der Waals surface area contributed by atoms with Crippen LogP contribution in [0.2, 0.25) is 0 Å². The van der Waals surface area contributed by atoms with Crippen LogP contribution in [0.4, 0.5) is 9.59 Å². The van der Waals surface area contributed by atoms with Crippen molar-refractivity contribution in [2.24, 2.45) is 10.1 Å². The number of carbonyl (C=O) groups excluding carboxylic acids is 2. The first-order valence-electron chi connectivity index (χ1n) is 6.98. The highest BCUT2D eigenvalue weighted by molar-refractivity contribution is 6.01. The van der Waals surface area contributed by atoms with Crippen LogP contribution in [0.1, 0.15) is 41.5 Å². The molecule has 2 amide bonds. The van der Waals surface area contributed by atoms with Gasteiger partial charge < -0.3 is 9.47 Å². The minimum atomic E-state index is -0.781. The van der Waals surface area contributed by atoms with Crippen molar-refractivity contribution < 1.29 is 19.1 Å². The Bertz CT molecular complexity index is 466. The van der Waals surface area contributed by atoms with E-state index in [1.807, 2.05) is 0 Å². The number of guanidine groups is 1. The Hall–Kier alpha value is -2.48. The Morgan fingerprint density at radius 1 is 0.957 bits per heavy atom. The smallest absolute Gasteiger partial charge is 0.414 e. The molecule has 2 N–H and O–H groups in total. The van der Waals surface area contributed by atoms with E-state index < -0.39 is 23.4 Å². The Kier molecular flexibility index (Phi) is 7.89. The minimum Gasteiger partial charge on any atom is -0.444 e. The van der Waals surface area contributed by atoms with E-state index in [0.29, 0.717) is 0 Å². The molecule has 0 aromatic rings. The average Bonchev–Trinajstić information content (AvgIpc) is 2.29. The van der Waals surface area contributed by atoms with Crippen LogP contribution in [0.5, 0.6) is 0 Å². The lowest BCUT2D eigenvalue weighted by Crippen LogP contribution is -2.47. The lowest BCUT2D eigenvalue weighted by atomic mass is 10.2. The van der Waals surface area contributed by atoms with Crippen molar-refractivity contribution in [2.75, 3.05) is 13.1 Å². The molecule has 0 radical (unpaired) electrons. The molecule has 0 saturated carbocycles. The van der Waals surface area contributed by atoms with Gasteiger partial charge in [0.05, 0.1) is 0 Å². The van der Waals surface area contributed by atoms with Crippen LogP contribution in [-0.2, 0) is 9.47 Å². The molecule has 130 valence electrons. The summed E-state index contributed by atoms with van der Waals surface area (Å²) in [5.74, 6) is -0.151. The highest BCUT2D eigenvalue weighted by atomic mass is 16.6. The number of azide groups is 1. The van der Waals surface area contributed by atoms with Crippen LogP contribution in [0.15, 0.2) is 10.1 Å². The van der Waals surface area contributed by atoms with Gasteiger partial charge in [-0.25, -0.2) is 9.59 Å². The Morgan fingerprint density at radius 3 is 1.74 bits per heavy atom. The molecule has 0 saturated heterocycles. The van der Waals surface area contributed by atoms with Gasteiger partial charge >= 0.3 is 12.2 Å². The maximum atomic E-state index is 11.7. The van der Waals surface area contributed by atoms with E-state index in [9.17, 15) is 9.59 Å². The summed E-state index contributed by atoms with van der Waals surface area (Å²) < 4.78 is 10.1. The van der Waals surface area contributed by atoms with Gasteiger partial charge in [0.2, 0.25) is 5.96 Å². The number of aliphatic imine (C=N–C) groups is 1. The van der Waals surface area contributed by atoms with Gasteiger partial charge in [-0.3, -0.25) is 15.6 Å². The third-order valence-electron chi connectivity index (χ3n) is 1.77. The van der Waals surface area contributed by atoms with Gasteiger partial charge in [0.1, 0.15) is 11.2 Å². The van der Waals surface area contributed by atoms with E-state index in [0.717, 1.165) is 0 Å². The summed E-state index contributed by atoms with van der Waals surface area (Å²) >= 11 is 0.